The fourth-order valence-electron chi connectivity index (χ4n) is 2.18. The fourth-order valence-corrected chi connectivity index (χ4v) is 2.18. The van der Waals surface area contributed by atoms with Crippen molar-refractivity contribution >= 4 is 11.0 Å². The summed E-state index contributed by atoms with van der Waals surface area (Å²) in [6.07, 6.45) is 0. The molecule has 1 atom stereocenters. The first kappa shape index (κ1) is 13.6. The van der Waals surface area contributed by atoms with Gasteiger partial charge in [-0.3, -0.25) is 5.32 Å². The Hall–Kier alpha value is -2.34. The van der Waals surface area contributed by atoms with E-state index in [1.165, 1.54) is 0 Å². The summed E-state index contributed by atoms with van der Waals surface area (Å²) in [5.74, 6) is 2.77. The van der Waals surface area contributed by atoms with Gasteiger partial charge in [-0.15, -0.1) is 0 Å². The molecule has 2 heterocycles. The smallest absolute Gasteiger partial charge is 0.240 e. The van der Waals surface area contributed by atoms with Crippen LogP contribution in [-0.2, 0) is 6.54 Å². The minimum Gasteiger partial charge on any atom is -0.493 e. The highest BCUT2D eigenvalue weighted by atomic mass is 16.5. The van der Waals surface area contributed by atoms with Crippen molar-refractivity contribution in [3.63, 3.8) is 0 Å². The molecule has 0 amide bonds. The minimum atomic E-state index is 0.0225. The lowest BCUT2D eigenvalue weighted by Crippen LogP contribution is -2.17. The maximum Gasteiger partial charge on any atom is 0.240 e. The number of benzene rings is 1. The number of hydrogen-bond donors (Lipinski definition) is 1. The van der Waals surface area contributed by atoms with Gasteiger partial charge in [0, 0.05) is 5.39 Å². The average molecular weight is 287 g/mol. The van der Waals surface area contributed by atoms with E-state index in [0.717, 1.165) is 22.5 Å². The quantitative estimate of drug-likeness (QED) is 0.777. The third kappa shape index (κ3) is 2.75. The van der Waals surface area contributed by atoms with Gasteiger partial charge >= 0.3 is 0 Å². The van der Waals surface area contributed by atoms with Crippen LogP contribution in [0.5, 0.6) is 5.75 Å². The molecule has 1 N–H and O–H groups in total. The third-order valence-corrected chi connectivity index (χ3v) is 3.30. The number of aryl methyl sites for hydroxylation is 1. The van der Waals surface area contributed by atoms with Crippen LogP contribution in [0.3, 0.4) is 0 Å². The molecule has 2 aromatic heterocycles. The van der Waals surface area contributed by atoms with Crippen molar-refractivity contribution in [1.29, 1.82) is 0 Å². The molecule has 0 aliphatic heterocycles. The summed E-state index contributed by atoms with van der Waals surface area (Å²) in [5.41, 5.74) is 0.761. The Bertz CT molecular complexity index is 748. The zero-order chi connectivity index (χ0) is 14.8. The molecule has 0 radical (unpaired) electrons. The van der Waals surface area contributed by atoms with Crippen molar-refractivity contribution in [3.8, 4) is 5.75 Å². The van der Waals surface area contributed by atoms with Crippen LogP contribution in [0.25, 0.3) is 11.0 Å². The van der Waals surface area contributed by atoms with Crippen LogP contribution in [0.2, 0.25) is 0 Å². The number of hydrogen-bond acceptors (Lipinski definition) is 6. The Morgan fingerprint density at radius 1 is 1.38 bits per heavy atom. The topological polar surface area (TPSA) is 73.3 Å². The van der Waals surface area contributed by atoms with Crippen LogP contribution < -0.4 is 10.1 Å². The van der Waals surface area contributed by atoms with E-state index in [9.17, 15) is 0 Å². The Morgan fingerprint density at radius 2 is 2.24 bits per heavy atom. The summed E-state index contributed by atoms with van der Waals surface area (Å²) < 4.78 is 16.3. The van der Waals surface area contributed by atoms with Gasteiger partial charge in [0.15, 0.2) is 17.2 Å². The monoisotopic (exact) mass is 287 g/mol. The van der Waals surface area contributed by atoms with Crippen molar-refractivity contribution in [2.24, 2.45) is 0 Å². The molecule has 0 aliphatic rings. The van der Waals surface area contributed by atoms with E-state index in [1.807, 2.05) is 31.2 Å². The highest BCUT2D eigenvalue weighted by Crippen LogP contribution is 2.30. The van der Waals surface area contributed by atoms with E-state index in [2.05, 4.69) is 15.5 Å². The lowest BCUT2D eigenvalue weighted by molar-refractivity contribution is 0.348. The molecule has 1 unspecified atom stereocenters. The van der Waals surface area contributed by atoms with Gasteiger partial charge in [0.2, 0.25) is 5.89 Å². The SMILES string of the molecule is COc1cccc2cc(C(C)NCc3nc(C)no3)oc12. The van der Waals surface area contributed by atoms with Gasteiger partial charge in [-0.05, 0) is 26.0 Å². The minimum absolute atomic E-state index is 0.0225. The molecule has 0 aliphatic carbocycles. The Labute approximate surface area is 122 Å². The molecule has 0 fully saturated rings. The molecule has 0 saturated carbocycles. The Balaban J connectivity index is 1.76. The molecule has 0 bridgehead atoms. The van der Waals surface area contributed by atoms with Crippen LogP contribution in [0.1, 0.15) is 30.4 Å². The Morgan fingerprint density at radius 3 is 2.95 bits per heavy atom. The molecular weight excluding hydrogens is 270 g/mol. The Kier molecular flexibility index (Phi) is 3.62. The van der Waals surface area contributed by atoms with Crippen LogP contribution in [0, 0.1) is 6.92 Å². The second-order valence-corrected chi connectivity index (χ2v) is 4.87. The van der Waals surface area contributed by atoms with Crippen LogP contribution in [-0.4, -0.2) is 17.3 Å². The number of aromatic nitrogens is 2. The summed E-state index contributed by atoms with van der Waals surface area (Å²) in [5, 5.41) is 8.07. The number of nitrogens with one attached hydrogen (secondary N) is 1. The summed E-state index contributed by atoms with van der Waals surface area (Å²) in [7, 11) is 1.64. The molecular formula is C15H17N3O3. The predicted molar refractivity (Wildman–Crippen MR) is 77.1 cm³/mol. The zero-order valence-corrected chi connectivity index (χ0v) is 12.2. The first-order valence-electron chi connectivity index (χ1n) is 6.76. The molecule has 0 spiro atoms. The van der Waals surface area contributed by atoms with Gasteiger partial charge in [-0.1, -0.05) is 17.3 Å². The van der Waals surface area contributed by atoms with E-state index < -0.39 is 0 Å². The first-order chi connectivity index (χ1) is 10.2. The highest BCUT2D eigenvalue weighted by molar-refractivity contribution is 5.83. The van der Waals surface area contributed by atoms with Crippen LogP contribution >= 0.6 is 0 Å². The molecule has 1 aromatic carbocycles. The summed E-state index contributed by atoms with van der Waals surface area (Å²) >= 11 is 0. The van der Waals surface area contributed by atoms with E-state index >= 15 is 0 Å². The summed E-state index contributed by atoms with van der Waals surface area (Å²) in [6.45, 7) is 4.31. The fraction of sp³-hybridized carbons (Fsp3) is 0.333. The number of nitrogens with zero attached hydrogens (tertiary/aromatic N) is 2. The standard InChI is InChI=1S/C15H17N3O3/c1-9(16-8-14-17-10(2)18-21-14)13-7-11-5-4-6-12(19-3)15(11)20-13/h4-7,9,16H,8H2,1-3H3. The van der Waals surface area contributed by atoms with E-state index in [4.69, 9.17) is 13.7 Å². The van der Waals surface area contributed by atoms with Crippen LogP contribution in [0.4, 0.5) is 0 Å². The molecule has 6 heteroatoms. The summed E-state index contributed by atoms with van der Waals surface area (Å²) in [6, 6.07) is 7.86. The van der Waals surface area contributed by atoms with Gasteiger partial charge in [0.1, 0.15) is 5.76 Å². The largest absolute Gasteiger partial charge is 0.493 e. The van der Waals surface area contributed by atoms with Crippen molar-refractivity contribution in [1.82, 2.24) is 15.5 Å². The van der Waals surface area contributed by atoms with E-state index in [1.54, 1.807) is 14.0 Å². The molecule has 3 rings (SSSR count). The first-order valence-corrected chi connectivity index (χ1v) is 6.76. The molecule has 6 nitrogen and oxygen atoms in total. The van der Waals surface area contributed by atoms with Gasteiger partial charge in [0.25, 0.3) is 0 Å². The van der Waals surface area contributed by atoms with Crippen molar-refractivity contribution in [2.75, 3.05) is 7.11 Å². The van der Waals surface area contributed by atoms with E-state index in [-0.39, 0.29) is 6.04 Å². The van der Waals surface area contributed by atoms with Crippen molar-refractivity contribution < 1.29 is 13.7 Å². The third-order valence-electron chi connectivity index (χ3n) is 3.30. The zero-order valence-electron chi connectivity index (χ0n) is 12.2. The maximum atomic E-state index is 5.89. The number of fused-ring (bicyclic) bond motifs is 1. The van der Waals surface area contributed by atoms with Gasteiger partial charge in [-0.2, -0.15) is 4.98 Å². The highest BCUT2D eigenvalue weighted by Gasteiger charge is 2.14. The normalized spacial score (nSPS) is 12.7. The second-order valence-electron chi connectivity index (χ2n) is 4.87. The van der Waals surface area contributed by atoms with Gasteiger partial charge in [-0.25, -0.2) is 0 Å². The number of rotatable bonds is 5. The maximum absolute atomic E-state index is 5.89. The van der Waals surface area contributed by atoms with Crippen LogP contribution in [0.15, 0.2) is 33.2 Å². The van der Waals surface area contributed by atoms with Gasteiger partial charge < -0.3 is 13.7 Å². The number of para-hydroxylation sites is 1. The lowest BCUT2D eigenvalue weighted by Gasteiger charge is -2.08. The number of ether oxygens (including phenoxy) is 1. The molecule has 0 saturated heterocycles. The van der Waals surface area contributed by atoms with E-state index in [0.29, 0.717) is 18.3 Å². The average Bonchev–Trinajstić information content (AvgIpc) is 3.10. The number of furan rings is 1. The second kappa shape index (κ2) is 5.57. The summed E-state index contributed by atoms with van der Waals surface area (Å²) in [4.78, 5) is 4.16. The van der Waals surface area contributed by atoms with Gasteiger partial charge in [0.05, 0.1) is 19.7 Å². The molecule has 21 heavy (non-hydrogen) atoms. The number of methoxy groups -OCH3 is 1. The lowest BCUT2D eigenvalue weighted by atomic mass is 10.2. The predicted octanol–water partition coefficient (Wildman–Crippen LogP) is 2.98. The molecule has 110 valence electrons. The molecule has 3 aromatic rings. The van der Waals surface area contributed by atoms with Crippen molar-refractivity contribution in [2.45, 2.75) is 26.4 Å². The van der Waals surface area contributed by atoms with Crippen molar-refractivity contribution in [3.05, 3.63) is 41.7 Å².